The van der Waals surface area contributed by atoms with Crippen molar-refractivity contribution in [3.05, 3.63) is 87.0 Å². The molecule has 1 atom stereocenters. The molecule has 26 heavy (non-hydrogen) atoms. The van der Waals surface area contributed by atoms with Crippen molar-refractivity contribution in [2.24, 2.45) is 4.99 Å². The van der Waals surface area contributed by atoms with Crippen molar-refractivity contribution < 1.29 is 0 Å². The lowest BCUT2D eigenvalue weighted by Gasteiger charge is -2.17. The number of aliphatic imine (C=N–C) groups is 1. The van der Waals surface area contributed by atoms with Gasteiger partial charge in [-0.1, -0.05) is 59.2 Å². The van der Waals surface area contributed by atoms with Crippen LogP contribution in [0, 0.1) is 20.8 Å². The zero-order chi connectivity index (χ0) is 19.0. The molecule has 0 heterocycles. The summed E-state index contributed by atoms with van der Waals surface area (Å²) in [4.78, 5) is 5.04. The second kappa shape index (κ2) is 7.07. The number of hydrogen-bond donors (Lipinski definition) is 0. The maximum absolute atomic E-state index is 5.04. The Morgan fingerprint density at radius 3 is 2.08 bits per heavy atom. The fraction of sp³-hybridized carbons (Fsp3) is 0.320. The number of benzene rings is 2. The second-order valence-corrected chi connectivity index (χ2v) is 7.67. The van der Waals surface area contributed by atoms with Gasteiger partial charge in [-0.3, -0.25) is 4.99 Å². The molecule has 0 fully saturated rings. The summed E-state index contributed by atoms with van der Waals surface area (Å²) in [6.45, 7) is 15.3. The van der Waals surface area contributed by atoms with Crippen molar-refractivity contribution in [3.63, 3.8) is 0 Å². The maximum atomic E-state index is 5.04. The minimum absolute atomic E-state index is 0.358. The van der Waals surface area contributed by atoms with E-state index in [1.54, 1.807) is 0 Å². The highest BCUT2D eigenvalue weighted by Crippen LogP contribution is 2.39. The van der Waals surface area contributed by atoms with Crippen molar-refractivity contribution in [1.82, 2.24) is 0 Å². The Morgan fingerprint density at radius 1 is 0.885 bits per heavy atom. The molecule has 134 valence electrons. The first-order chi connectivity index (χ1) is 12.3. The van der Waals surface area contributed by atoms with Crippen LogP contribution >= 0.6 is 0 Å². The third-order valence-electron chi connectivity index (χ3n) is 5.67. The van der Waals surface area contributed by atoms with E-state index in [9.17, 15) is 0 Å². The van der Waals surface area contributed by atoms with Crippen molar-refractivity contribution in [1.29, 1.82) is 0 Å². The molecule has 0 bridgehead atoms. The van der Waals surface area contributed by atoms with Gasteiger partial charge in [0.2, 0.25) is 0 Å². The van der Waals surface area contributed by atoms with Crippen LogP contribution in [0.1, 0.15) is 61.4 Å². The number of nitrogens with zero attached hydrogens (tertiary/aromatic N) is 1. The number of hydrogen-bond acceptors (Lipinski definition) is 1. The molecule has 2 aromatic carbocycles. The van der Waals surface area contributed by atoms with Crippen LogP contribution in [0.15, 0.2) is 64.2 Å². The average molecular weight is 344 g/mol. The van der Waals surface area contributed by atoms with Gasteiger partial charge in [-0.25, -0.2) is 0 Å². The predicted octanol–water partition coefficient (Wildman–Crippen LogP) is 7.13. The molecule has 1 unspecified atom stereocenters. The summed E-state index contributed by atoms with van der Waals surface area (Å²) in [5.74, 6) is 0.358. The van der Waals surface area contributed by atoms with E-state index >= 15 is 0 Å². The Balaban J connectivity index is 2.10. The number of aryl methyl sites for hydroxylation is 3. The standard InChI is InChI=1S/C25H29N/c1-15-12-17(3)25(18(4)13-15)26-21(7)22-10-8-9-11-23(22)24-14-16(2)19(5)20(24)6/h8-14,24H,1-7H3. The third kappa shape index (κ3) is 3.31. The van der Waals surface area contributed by atoms with E-state index in [0.29, 0.717) is 5.92 Å². The van der Waals surface area contributed by atoms with Crippen LogP contribution < -0.4 is 0 Å². The van der Waals surface area contributed by atoms with Gasteiger partial charge >= 0.3 is 0 Å². The molecule has 0 radical (unpaired) electrons. The topological polar surface area (TPSA) is 12.4 Å². The van der Waals surface area contributed by atoms with Crippen LogP contribution in [-0.4, -0.2) is 5.71 Å². The lowest BCUT2D eigenvalue weighted by Crippen LogP contribution is -2.05. The van der Waals surface area contributed by atoms with Crippen LogP contribution in [0.4, 0.5) is 5.69 Å². The van der Waals surface area contributed by atoms with Gasteiger partial charge in [0, 0.05) is 11.6 Å². The first-order valence-electron chi connectivity index (χ1n) is 9.38. The summed E-state index contributed by atoms with van der Waals surface area (Å²) in [5.41, 5.74) is 12.8. The molecule has 0 saturated heterocycles. The number of allylic oxidation sites excluding steroid dienone is 4. The SMILES string of the molecule is CC1=CC(c2ccccc2C(C)=Nc2c(C)cc(C)cc2C)C(C)=C1C. The molecule has 0 aromatic heterocycles. The summed E-state index contributed by atoms with van der Waals surface area (Å²) in [5, 5.41) is 0. The normalized spacial score (nSPS) is 17.7. The molecular formula is C25H29N. The maximum Gasteiger partial charge on any atom is 0.0691 e. The third-order valence-corrected chi connectivity index (χ3v) is 5.67. The second-order valence-electron chi connectivity index (χ2n) is 7.67. The van der Waals surface area contributed by atoms with Crippen LogP contribution in [0.2, 0.25) is 0 Å². The van der Waals surface area contributed by atoms with Gasteiger partial charge in [0.25, 0.3) is 0 Å². The molecule has 2 aromatic rings. The Labute approximate surface area is 158 Å². The van der Waals surface area contributed by atoms with Gasteiger partial charge in [0.05, 0.1) is 5.69 Å². The van der Waals surface area contributed by atoms with Crippen LogP contribution in [0.5, 0.6) is 0 Å². The highest BCUT2D eigenvalue weighted by atomic mass is 14.8. The molecule has 0 N–H and O–H groups in total. The molecule has 0 saturated carbocycles. The van der Waals surface area contributed by atoms with Gasteiger partial charge in [-0.15, -0.1) is 0 Å². The quantitative estimate of drug-likeness (QED) is 0.525. The van der Waals surface area contributed by atoms with E-state index in [4.69, 9.17) is 4.99 Å². The van der Waals surface area contributed by atoms with E-state index in [2.05, 4.69) is 90.9 Å². The van der Waals surface area contributed by atoms with E-state index in [1.807, 2.05) is 0 Å². The fourth-order valence-corrected chi connectivity index (χ4v) is 4.04. The molecule has 0 spiro atoms. The van der Waals surface area contributed by atoms with Crippen molar-refractivity contribution in [3.8, 4) is 0 Å². The van der Waals surface area contributed by atoms with Crippen molar-refractivity contribution in [2.75, 3.05) is 0 Å². The van der Waals surface area contributed by atoms with Gasteiger partial charge in [0.1, 0.15) is 0 Å². The number of rotatable bonds is 3. The zero-order valence-corrected chi connectivity index (χ0v) is 17.1. The Morgan fingerprint density at radius 2 is 1.50 bits per heavy atom. The molecule has 0 aliphatic heterocycles. The summed E-state index contributed by atoms with van der Waals surface area (Å²) >= 11 is 0. The Hall–Kier alpha value is -2.41. The van der Waals surface area contributed by atoms with Gasteiger partial charge in [0.15, 0.2) is 0 Å². The molecular weight excluding hydrogens is 314 g/mol. The molecule has 0 amide bonds. The van der Waals surface area contributed by atoms with E-state index < -0.39 is 0 Å². The zero-order valence-electron chi connectivity index (χ0n) is 17.1. The molecule has 1 aliphatic rings. The van der Waals surface area contributed by atoms with E-state index in [0.717, 1.165) is 11.4 Å². The van der Waals surface area contributed by atoms with Gasteiger partial charge < -0.3 is 0 Å². The summed E-state index contributed by atoms with van der Waals surface area (Å²) in [6.07, 6.45) is 2.39. The summed E-state index contributed by atoms with van der Waals surface area (Å²) < 4.78 is 0. The summed E-state index contributed by atoms with van der Waals surface area (Å²) in [7, 11) is 0. The largest absolute Gasteiger partial charge is 0.253 e. The van der Waals surface area contributed by atoms with Crippen LogP contribution in [-0.2, 0) is 0 Å². The van der Waals surface area contributed by atoms with Crippen molar-refractivity contribution >= 4 is 11.4 Å². The minimum Gasteiger partial charge on any atom is -0.253 e. The van der Waals surface area contributed by atoms with E-state index in [-0.39, 0.29) is 0 Å². The highest BCUT2D eigenvalue weighted by Gasteiger charge is 2.22. The molecule has 1 heteroatoms. The first-order valence-corrected chi connectivity index (χ1v) is 9.38. The van der Waals surface area contributed by atoms with Gasteiger partial charge in [-0.05, 0) is 76.3 Å². The lowest BCUT2D eigenvalue weighted by molar-refractivity contribution is 0.998. The van der Waals surface area contributed by atoms with E-state index in [1.165, 1.54) is 44.5 Å². The molecule has 1 nitrogen and oxygen atoms in total. The Bertz CT molecular complexity index is 931. The first kappa shape index (κ1) is 18.4. The monoisotopic (exact) mass is 343 g/mol. The molecule has 3 rings (SSSR count). The smallest absolute Gasteiger partial charge is 0.0691 e. The van der Waals surface area contributed by atoms with Crippen molar-refractivity contribution in [2.45, 2.75) is 54.4 Å². The Kier molecular flexibility index (Phi) is 5.00. The predicted molar refractivity (Wildman–Crippen MR) is 114 cm³/mol. The van der Waals surface area contributed by atoms with Crippen LogP contribution in [0.3, 0.4) is 0 Å². The lowest BCUT2D eigenvalue weighted by atomic mass is 9.88. The minimum atomic E-state index is 0.358. The summed E-state index contributed by atoms with van der Waals surface area (Å²) in [6, 6.07) is 13.1. The fourth-order valence-electron chi connectivity index (χ4n) is 4.04. The highest BCUT2D eigenvalue weighted by molar-refractivity contribution is 6.02. The average Bonchev–Trinajstić information content (AvgIpc) is 2.85. The molecule has 1 aliphatic carbocycles. The van der Waals surface area contributed by atoms with Gasteiger partial charge in [-0.2, -0.15) is 0 Å². The van der Waals surface area contributed by atoms with Crippen LogP contribution in [0.25, 0.3) is 0 Å².